The Bertz CT molecular complexity index is 1340. The highest BCUT2D eigenvalue weighted by molar-refractivity contribution is 5.78. The molecule has 43 heavy (non-hydrogen) atoms. The number of carboxylic acid groups (broad SMARTS) is 1. The van der Waals surface area contributed by atoms with Crippen molar-refractivity contribution in [1.82, 2.24) is 9.97 Å². The molecule has 1 aliphatic rings. The van der Waals surface area contributed by atoms with E-state index in [0.717, 1.165) is 34.8 Å². The van der Waals surface area contributed by atoms with Gasteiger partial charge in [0.1, 0.15) is 30.7 Å². The fraction of sp³-hybridized carbons (Fsp3) is 0.419. The molecule has 0 amide bonds. The Hall–Kier alpha value is -3.94. The van der Waals surface area contributed by atoms with Gasteiger partial charge in [0.15, 0.2) is 6.10 Å². The van der Waals surface area contributed by atoms with Crippen LogP contribution in [0.3, 0.4) is 0 Å². The minimum atomic E-state index is -1.87. The lowest BCUT2D eigenvalue weighted by Gasteiger charge is -2.37. The number of aliphatic hydroxyl groups is 3. The zero-order chi connectivity index (χ0) is 30.9. The SMILES string of the molecule is CC(C)N(CCCCOCC(=O)O[C@@H]1O[C@H](C(=O)O)[C@@H](O)[C@H](O)[C@H]1O)c1cnc(-c2ccccc2)c(-c2ccccc2)n1. The lowest BCUT2D eigenvalue weighted by atomic mass is 9.99. The van der Waals surface area contributed by atoms with Gasteiger partial charge in [-0.05, 0) is 26.7 Å². The summed E-state index contributed by atoms with van der Waals surface area (Å²) in [6.45, 7) is 4.59. The van der Waals surface area contributed by atoms with Crippen LogP contribution < -0.4 is 4.90 Å². The number of nitrogens with zero attached hydrogens (tertiary/aromatic N) is 3. The van der Waals surface area contributed by atoms with E-state index in [4.69, 9.17) is 29.3 Å². The second-order valence-electron chi connectivity index (χ2n) is 10.4. The average Bonchev–Trinajstić information content (AvgIpc) is 3.01. The standard InChI is InChI=1S/C31H37N3O9/c1-19(2)34(22-17-32-24(20-11-5-3-6-12-20)25(33-22)21-13-7-4-8-14-21)15-9-10-16-41-18-23(35)42-31-28(38)26(36)27(37)29(43-31)30(39)40/h3-8,11-14,17,19,26-29,31,36-38H,9-10,15-16,18H2,1-2H3,(H,39,40)/t26-,27-,28+,29-,31+/m0/s1. The molecule has 5 atom stereocenters. The van der Waals surface area contributed by atoms with Crippen molar-refractivity contribution in [2.45, 2.75) is 63.4 Å². The van der Waals surface area contributed by atoms with Gasteiger partial charge in [-0.15, -0.1) is 0 Å². The molecule has 0 radical (unpaired) electrons. The van der Waals surface area contributed by atoms with Gasteiger partial charge in [0.25, 0.3) is 0 Å². The number of anilines is 1. The molecule has 1 saturated heterocycles. The summed E-state index contributed by atoms with van der Waals surface area (Å²) in [5, 5.41) is 38.7. The van der Waals surface area contributed by atoms with Crippen LogP contribution in [-0.2, 0) is 23.8 Å². The van der Waals surface area contributed by atoms with Crippen molar-refractivity contribution in [3.05, 3.63) is 66.9 Å². The third kappa shape index (κ3) is 8.12. The van der Waals surface area contributed by atoms with Crippen molar-refractivity contribution >= 4 is 17.8 Å². The van der Waals surface area contributed by atoms with Crippen LogP contribution in [0.5, 0.6) is 0 Å². The minimum Gasteiger partial charge on any atom is -0.479 e. The molecule has 0 bridgehead atoms. The van der Waals surface area contributed by atoms with Gasteiger partial charge >= 0.3 is 11.9 Å². The number of carbonyl (C=O) groups is 2. The highest BCUT2D eigenvalue weighted by atomic mass is 16.7. The van der Waals surface area contributed by atoms with Crippen LogP contribution in [0.15, 0.2) is 66.9 Å². The number of benzene rings is 2. The highest BCUT2D eigenvalue weighted by Crippen LogP contribution is 2.31. The average molecular weight is 596 g/mol. The maximum absolute atomic E-state index is 12.2. The zero-order valence-electron chi connectivity index (χ0n) is 24.0. The number of ether oxygens (including phenoxy) is 3. The Morgan fingerprint density at radius 2 is 1.53 bits per heavy atom. The fourth-order valence-electron chi connectivity index (χ4n) is 4.71. The molecule has 0 aliphatic carbocycles. The minimum absolute atomic E-state index is 0.141. The Morgan fingerprint density at radius 1 is 0.907 bits per heavy atom. The molecule has 12 nitrogen and oxygen atoms in total. The molecule has 3 aromatic rings. The van der Waals surface area contributed by atoms with Gasteiger partial charge < -0.3 is 39.5 Å². The molecular weight excluding hydrogens is 558 g/mol. The Labute approximate surface area is 249 Å². The van der Waals surface area contributed by atoms with E-state index in [1.165, 1.54) is 0 Å². The predicted octanol–water partition coefficient (Wildman–Crippen LogP) is 2.26. The first-order chi connectivity index (χ1) is 20.7. The summed E-state index contributed by atoms with van der Waals surface area (Å²) in [4.78, 5) is 35.4. The number of hydrogen-bond acceptors (Lipinski definition) is 11. The fourth-order valence-corrected chi connectivity index (χ4v) is 4.71. The first kappa shape index (κ1) is 32.0. The van der Waals surface area contributed by atoms with Gasteiger partial charge in [-0.1, -0.05) is 60.7 Å². The van der Waals surface area contributed by atoms with E-state index in [2.05, 4.69) is 18.7 Å². The molecule has 2 aromatic carbocycles. The zero-order valence-corrected chi connectivity index (χ0v) is 24.0. The van der Waals surface area contributed by atoms with Gasteiger partial charge in [-0.2, -0.15) is 0 Å². The summed E-state index contributed by atoms with van der Waals surface area (Å²) in [6.07, 6.45) is -6.04. The van der Waals surface area contributed by atoms with Gasteiger partial charge in [0, 0.05) is 30.3 Å². The summed E-state index contributed by atoms with van der Waals surface area (Å²) in [5.74, 6) is -1.74. The molecule has 0 unspecified atom stereocenters. The summed E-state index contributed by atoms with van der Waals surface area (Å²) < 4.78 is 15.3. The lowest BCUT2D eigenvalue weighted by molar-refractivity contribution is -0.287. The Kier molecular flexibility index (Phi) is 11.1. The van der Waals surface area contributed by atoms with E-state index >= 15 is 0 Å². The predicted molar refractivity (Wildman–Crippen MR) is 156 cm³/mol. The first-order valence-electron chi connectivity index (χ1n) is 14.1. The van der Waals surface area contributed by atoms with Crippen molar-refractivity contribution < 1.29 is 44.2 Å². The number of aromatic nitrogens is 2. The van der Waals surface area contributed by atoms with Gasteiger partial charge in [0.05, 0.1) is 17.6 Å². The van der Waals surface area contributed by atoms with Crippen LogP contribution in [-0.4, -0.2) is 98.8 Å². The largest absolute Gasteiger partial charge is 0.479 e. The van der Waals surface area contributed by atoms with E-state index in [-0.39, 0.29) is 12.6 Å². The smallest absolute Gasteiger partial charge is 0.335 e. The van der Waals surface area contributed by atoms with Crippen LogP contribution in [0.2, 0.25) is 0 Å². The maximum atomic E-state index is 12.2. The summed E-state index contributed by atoms with van der Waals surface area (Å²) in [6, 6.07) is 20.0. The number of rotatable bonds is 13. The monoisotopic (exact) mass is 595 g/mol. The number of hydrogen-bond donors (Lipinski definition) is 4. The van der Waals surface area contributed by atoms with Crippen LogP contribution in [0, 0.1) is 0 Å². The molecule has 1 aromatic heterocycles. The highest BCUT2D eigenvalue weighted by Gasteiger charge is 2.48. The molecule has 4 rings (SSSR count). The Balaban J connectivity index is 1.31. The van der Waals surface area contributed by atoms with Crippen LogP contribution >= 0.6 is 0 Å². The second kappa shape index (κ2) is 15.0. The third-order valence-corrected chi connectivity index (χ3v) is 6.99. The molecule has 1 fully saturated rings. The van der Waals surface area contributed by atoms with Crippen molar-refractivity contribution in [2.75, 3.05) is 24.7 Å². The van der Waals surface area contributed by atoms with Crippen molar-refractivity contribution in [3.63, 3.8) is 0 Å². The number of carbonyl (C=O) groups excluding carboxylic acids is 1. The van der Waals surface area contributed by atoms with E-state index in [0.29, 0.717) is 13.0 Å². The molecule has 230 valence electrons. The molecule has 4 N–H and O–H groups in total. The first-order valence-corrected chi connectivity index (χ1v) is 14.1. The number of carboxylic acids is 1. The quantitative estimate of drug-likeness (QED) is 0.168. The molecule has 1 aliphatic heterocycles. The van der Waals surface area contributed by atoms with Crippen LogP contribution in [0.25, 0.3) is 22.5 Å². The summed E-state index contributed by atoms with van der Waals surface area (Å²) in [5.41, 5.74) is 3.54. The van der Waals surface area contributed by atoms with E-state index in [9.17, 15) is 24.9 Å². The number of unbranched alkanes of at least 4 members (excludes halogenated alkanes) is 1. The van der Waals surface area contributed by atoms with Crippen LogP contribution in [0.4, 0.5) is 5.82 Å². The third-order valence-electron chi connectivity index (χ3n) is 6.99. The van der Waals surface area contributed by atoms with E-state index < -0.39 is 49.3 Å². The van der Waals surface area contributed by atoms with E-state index in [1.807, 2.05) is 60.7 Å². The lowest BCUT2D eigenvalue weighted by Crippen LogP contribution is -2.60. The Morgan fingerprint density at radius 3 is 2.14 bits per heavy atom. The van der Waals surface area contributed by atoms with Crippen molar-refractivity contribution in [3.8, 4) is 22.5 Å². The molecule has 0 saturated carbocycles. The van der Waals surface area contributed by atoms with E-state index in [1.54, 1.807) is 6.20 Å². The molecule has 0 spiro atoms. The maximum Gasteiger partial charge on any atom is 0.335 e. The normalized spacial score (nSPS) is 21.9. The van der Waals surface area contributed by atoms with Crippen LogP contribution in [0.1, 0.15) is 26.7 Å². The van der Waals surface area contributed by atoms with Gasteiger partial charge in [-0.3, -0.25) is 4.98 Å². The van der Waals surface area contributed by atoms with Crippen molar-refractivity contribution in [1.29, 1.82) is 0 Å². The molecule has 12 heteroatoms. The molecular formula is C31H37N3O9. The van der Waals surface area contributed by atoms with Gasteiger partial charge in [0.2, 0.25) is 6.29 Å². The van der Waals surface area contributed by atoms with Crippen molar-refractivity contribution in [2.24, 2.45) is 0 Å². The second-order valence-corrected chi connectivity index (χ2v) is 10.4. The number of aliphatic carboxylic acids is 1. The summed E-state index contributed by atoms with van der Waals surface area (Å²) in [7, 11) is 0. The number of esters is 1. The topological polar surface area (TPSA) is 172 Å². The van der Waals surface area contributed by atoms with Gasteiger partial charge in [-0.25, -0.2) is 14.6 Å². The summed E-state index contributed by atoms with van der Waals surface area (Å²) >= 11 is 0. The number of aliphatic hydroxyl groups excluding tert-OH is 3. The molecule has 2 heterocycles.